The van der Waals surface area contributed by atoms with E-state index in [0.717, 1.165) is 17.1 Å². The fraction of sp³-hybridized carbons (Fsp3) is 0.381. The number of carbonyl (C=O) groups is 2. The van der Waals surface area contributed by atoms with Crippen LogP contribution < -0.4 is 4.90 Å². The van der Waals surface area contributed by atoms with Gasteiger partial charge in [-0.2, -0.15) is 5.10 Å². The molecular formula is C21H22Cl2N6O2. The maximum Gasteiger partial charge on any atom is 0.231 e. The molecule has 2 atom stereocenters. The number of amides is 1. The van der Waals surface area contributed by atoms with Crippen molar-refractivity contribution in [2.24, 2.45) is 11.8 Å². The molecule has 1 unspecified atom stereocenters. The second-order valence-corrected chi connectivity index (χ2v) is 8.66. The molecule has 0 bridgehead atoms. The Bertz CT molecular complexity index is 1150. The minimum absolute atomic E-state index is 0.0888. The molecule has 0 fully saturated rings. The van der Waals surface area contributed by atoms with Crippen LogP contribution in [0.25, 0.3) is 0 Å². The molecule has 2 aromatic heterocycles. The largest absolute Gasteiger partial charge is 0.300 e. The molecule has 0 saturated heterocycles. The predicted molar refractivity (Wildman–Crippen MR) is 118 cm³/mol. The van der Waals surface area contributed by atoms with E-state index in [1.54, 1.807) is 35.7 Å². The highest BCUT2D eigenvalue weighted by Gasteiger charge is 2.37. The third-order valence-corrected chi connectivity index (χ3v) is 6.23. The van der Waals surface area contributed by atoms with Crippen LogP contribution in [0, 0.1) is 18.8 Å². The number of fused-ring (bicyclic) bond motifs is 1. The summed E-state index contributed by atoms with van der Waals surface area (Å²) in [6.45, 7) is 4.58. The second-order valence-electron chi connectivity index (χ2n) is 7.81. The zero-order valence-corrected chi connectivity index (χ0v) is 18.9. The van der Waals surface area contributed by atoms with Crippen molar-refractivity contribution >= 4 is 40.7 Å². The second kappa shape index (κ2) is 8.43. The summed E-state index contributed by atoms with van der Waals surface area (Å²) in [7, 11) is 1.72. The number of rotatable bonds is 5. The van der Waals surface area contributed by atoms with Crippen molar-refractivity contribution in [2.45, 2.75) is 33.4 Å². The van der Waals surface area contributed by atoms with Crippen molar-refractivity contribution in [3.05, 3.63) is 57.7 Å². The van der Waals surface area contributed by atoms with Crippen molar-refractivity contribution in [1.82, 2.24) is 24.5 Å². The molecule has 0 aliphatic carbocycles. The summed E-state index contributed by atoms with van der Waals surface area (Å²) in [5.41, 5.74) is 1.67. The van der Waals surface area contributed by atoms with Crippen LogP contribution in [0.15, 0.2) is 30.6 Å². The predicted octanol–water partition coefficient (Wildman–Crippen LogP) is 3.64. The van der Waals surface area contributed by atoms with Gasteiger partial charge in [0.25, 0.3) is 0 Å². The molecule has 0 spiro atoms. The monoisotopic (exact) mass is 460 g/mol. The molecule has 1 aliphatic rings. The Morgan fingerprint density at radius 3 is 2.77 bits per heavy atom. The van der Waals surface area contributed by atoms with Crippen LogP contribution in [0.3, 0.4) is 0 Å². The van der Waals surface area contributed by atoms with E-state index in [9.17, 15) is 9.59 Å². The lowest BCUT2D eigenvalue weighted by molar-refractivity contribution is -0.123. The normalized spacial score (nSPS) is 17.4. The molecule has 3 heterocycles. The average molecular weight is 461 g/mol. The van der Waals surface area contributed by atoms with E-state index in [1.807, 2.05) is 23.7 Å². The Morgan fingerprint density at radius 2 is 2.03 bits per heavy atom. The molecule has 162 valence electrons. The first-order valence-electron chi connectivity index (χ1n) is 9.94. The molecule has 4 rings (SSSR count). The van der Waals surface area contributed by atoms with Crippen LogP contribution in [0.4, 0.5) is 5.82 Å². The van der Waals surface area contributed by atoms with Gasteiger partial charge in [0.1, 0.15) is 12.1 Å². The highest BCUT2D eigenvalue weighted by Crippen LogP contribution is 2.29. The average Bonchev–Trinajstić information content (AvgIpc) is 3.32. The third kappa shape index (κ3) is 4.22. The Balaban J connectivity index is 1.49. The molecule has 3 aromatic rings. The van der Waals surface area contributed by atoms with Crippen LogP contribution in [0.5, 0.6) is 0 Å². The first kappa shape index (κ1) is 21.5. The van der Waals surface area contributed by atoms with Crippen LogP contribution in [0.1, 0.15) is 35.2 Å². The number of ketones is 1. The zero-order valence-electron chi connectivity index (χ0n) is 17.4. The number of anilines is 1. The van der Waals surface area contributed by atoms with Crippen LogP contribution in [-0.2, 0) is 17.9 Å². The van der Waals surface area contributed by atoms with Gasteiger partial charge in [0.05, 0.1) is 18.2 Å². The molecule has 0 N–H and O–H groups in total. The molecule has 8 nitrogen and oxygen atoms in total. The lowest BCUT2D eigenvalue weighted by atomic mass is 9.86. The molecular weight excluding hydrogens is 439 g/mol. The maximum absolute atomic E-state index is 13.1. The Morgan fingerprint density at radius 1 is 1.26 bits per heavy atom. The minimum atomic E-state index is -0.560. The quantitative estimate of drug-likeness (QED) is 0.542. The summed E-state index contributed by atoms with van der Waals surface area (Å²) >= 11 is 12.2. The SMILES string of the molecule is Cc1cc2n(n1)CC[C@H](C(C)C(=O)c1ncn(Cc3ccc(Cl)cc3Cl)n1)C(=O)N2C. The van der Waals surface area contributed by atoms with Gasteiger partial charge < -0.3 is 0 Å². The summed E-state index contributed by atoms with van der Waals surface area (Å²) in [6.07, 6.45) is 2.01. The van der Waals surface area contributed by atoms with E-state index in [2.05, 4.69) is 15.2 Å². The first-order chi connectivity index (χ1) is 14.7. The summed E-state index contributed by atoms with van der Waals surface area (Å²) in [6, 6.07) is 7.08. The number of halogens is 2. The van der Waals surface area contributed by atoms with Gasteiger partial charge in [-0.05, 0) is 31.0 Å². The molecule has 31 heavy (non-hydrogen) atoms. The van der Waals surface area contributed by atoms with Crippen LogP contribution in [0.2, 0.25) is 10.0 Å². The Kier molecular flexibility index (Phi) is 5.85. The summed E-state index contributed by atoms with van der Waals surface area (Å²) < 4.78 is 3.36. The Labute approximate surface area is 189 Å². The summed E-state index contributed by atoms with van der Waals surface area (Å²) in [5, 5.41) is 9.82. The van der Waals surface area contributed by atoms with Crippen LogP contribution >= 0.6 is 23.2 Å². The number of hydrogen-bond acceptors (Lipinski definition) is 5. The summed E-state index contributed by atoms with van der Waals surface area (Å²) in [5.74, 6) is -0.569. The third-order valence-electron chi connectivity index (χ3n) is 5.65. The molecule has 1 aromatic carbocycles. The van der Waals surface area contributed by atoms with E-state index < -0.39 is 11.8 Å². The number of aromatic nitrogens is 5. The first-order valence-corrected chi connectivity index (χ1v) is 10.7. The lowest BCUT2D eigenvalue weighted by Crippen LogP contribution is -2.37. The topological polar surface area (TPSA) is 85.9 Å². The van der Waals surface area contributed by atoms with Crippen LogP contribution in [-0.4, -0.2) is 43.3 Å². The Hall–Kier alpha value is -2.71. The molecule has 10 heteroatoms. The number of benzene rings is 1. The minimum Gasteiger partial charge on any atom is -0.300 e. The number of aryl methyl sites for hydroxylation is 2. The van der Waals surface area contributed by atoms with Gasteiger partial charge in [-0.1, -0.05) is 36.2 Å². The fourth-order valence-electron chi connectivity index (χ4n) is 3.87. The van der Waals surface area contributed by atoms with Gasteiger partial charge >= 0.3 is 0 Å². The number of Topliss-reactive ketones (excluding diaryl/α,β-unsaturated/α-hetero) is 1. The van der Waals surface area contributed by atoms with Crippen molar-refractivity contribution in [3.63, 3.8) is 0 Å². The van der Waals surface area contributed by atoms with Gasteiger partial charge in [0.15, 0.2) is 0 Å². The molecule has 1 amide bonds. The van der Waals surface area contributed by atoms with Crippen molar-refractivity contribution < 1.29 is 9.59 Å². The summed E-state index contributed by atoms with van der Waals surface area (Å²) in [4.78, 5) is 31.9. The highest BCUT2D eigenvalue weighted by atomic mass is 35.5. The fourth-order valence-corrected chi connectivity index (χ4v) is 4.34. The van der Waals surface area contributed by atoms with E-state index in [-0.39, 0.29) is 17.5 Å². The number of hydrogen-bond donors (Lipinski definition) is 0. The standard InChI is InChI=1S/C21H22Cl2N6O2/c1-12-8-18-27(3)21(31)16(6-7-29(18)25-12)13(2)19(30)20-24-11-28(26-20)10-14-4-5-15(22)9-17(14)23/h4-5,8-9,11,13,16H,6-7,10H2,1-3H3/t13?,16-/m1/s1. The zero-order chi connectivity index (χ0) is 22.3. The molecule has 1 aliphatic heterocycles. The smallest absolute Gasteiger partial charge is 0.231 e. The van der Waals surface area contributed by atoms with Gasteiger partial charge in [-0.15, -0.1) is 5.10 Å². The number of nitrogens with zero attached hydrogens (tertiary/aromatic N) is 6. The van der Waals surface area contributed by atoms with E-state index in [4.69, 9.17) is 23.2 Å². The van der Waals surface area contributed by atoms with Gasteiger partial charge in [-0.25, -0.2) is 14.3 Å². The van der Waals surface area contributed by atoms with Crippen molar-refractivity contribution in [2.75, 3.05) is 11.9 Å². The lowest BCUT2D eigenvalue weighted by Gasteiger charge is -2.23. The number of carbonyl (C=O) groups excluding carboxylic acids is 2. The van der Waals surface area contributed by atoms with Gasteiger partial charge in [0, 0.05) is 35.6 Å². The van der Waals surface area contributed by atoms with Crippen molar-refractivity contribution in [3.8, 4) is 0 Å². The van der Waals surface area contributed by atoms with Gasteiger partial charge in [0.2, 0.25) is 17.5 Å². The molecule has 0 radical (unpaired) electrons. The highest BCUT2D eigenvalue weighted by molar-refractivity contribution is 6.35. The van der Waals surface area contributed by atoms with E-state index >= 15 is 0 Å². The van der Waals surface area contributed by atoms with E-state index in [0.29, 0.717) is 29.6 Å². The van der Waals surface area contributed by atoms with Crippen molar-refractivity contribution in [1.29, 1.82) is 0 Å². The van der Waals surface area contributed by atoms with E-state index in [1.165, 1.54) is 6.33 Å². The van der Waals surface area contributed by atoms with Gasteiger partial charge in [-0.3, -0.25) is 14.5 Å². The molecule has 0 saturated carbocycles. The maximum atomic E-state index is 13.1.